The number of aliphatic imine (C=N–C) groups is 1. The molecule has 2 aliphatic carbocycles. The van der Waals surface area contributed by atoms with Crippen molar-refractivity contribution in [2.45, 2.75) is 90.2 Å². The second kappa shape index (κ2) is 12.0. The van der Waals surface area contributed by atoms with Crippen molar-refractivity contribution < 1.29 is 14.6 Å². The Morgan fingerprint density at radius 3 is 2.72 bits per heavy atom. The smallest absolute Gasteiger partial charge is 0.338 e. The average molecular weight is 604 g/mol. The molecule has 2 N–H and O–H groups in total. The molecule has 0 radical (unpaired) electrons. The first-order chi connectivity index (χ1) is 20.7. The molecule has 2 fully saturated rings. The van der Waals surface area contributed by atoms with E-state index in [1.54, 1.807) is 46.5 Å². The van der Waals surface area contributed by atoms with Crippen LogP contribution in [0.15, 0.2) is 46.3 Å². The number of pyridine rings is 1. The van der Waals surface area contributed by atoms with E-state index in [1.165, 1.54) is 0 Å². The van der Waals surface area contributed by atoms with Gasteiger partial charge in [0.15, 0.2) is 17.3 Å². The monoisotopic (exact) mass is 603 g/mol. The fraction of sp³-hybridized carbons (Fsp3) is 0.455. The quantitative estimate of drug-likeness (QED) is 0.319. The van der Waals surface area contributed by atoms with Gasteiger partial charge in [-0.05, 0) is 94.7 Å². The predicted molar refractivity (Wildman–Crippen MR) is 168 cm³/mol. The van der Waals surface area contributed by atoms with E-state index in [0.717, 1.165) is 63.5 Å². The van der Waals surface area contributed by atoms with E-state index in [2.05, 4.69) is 28.3 Å². The van der Waals surface area contributed by atoms with Crippen LogP contribution in [0.4, 0.5) is 5.82 Å². The first-order valence-corrected chi connectivity index (χ1v) is 15.6. The molecule has 226 valence electrons. The minimum absolute atomic E-state index is 0.0633. The number of ether oxygens (including phenoxy) is 1. The van der Waals surface area contributed by atoms with Gasteiger partial charge in [-0.3, -0.25) is 14.3 Å². The number of nitrogens with zero attached hydrogens (tertiary/aromatic N) is 4. The van der Waals surface area contributed by atoms with Crippen molar-refractivity contribution in [3.63, 3.8) is 0 Å². The summed E-state index contributed by atoms with van der Waals surface area (Å²) in [6.07, 6.45) is 16.5. The number of amides is 1. The molecule has 3 aromatic rings. The lowest BCUT2D eigenvalue weighted by Crippen LogP contribution is -2.39. The number of aryl methyl sites for hydroxylation is 1. The van der Waals surface area contributed by atoms with Crippen molar-refractivity contribution in [3.05, 3.63) is 69.0 Å². The van der Waals surface area contributed by atoms with Crippen LogP contribution >= 0.6 is 11.6 Å². The van der Waals surface area contributed by atoms with Crippen LogP contribution in [0.5, 0.6) is 11.5 Å². The molecular weight excluding hydrogens is 566 g/mol. The van der Waals surface area contributed by atoms with Gasteiger partial charge in [0.1, 0.15) is 0 Å². The predicted octanol–water partition coefficient (Wildman–Crippen LogP) is 6.52. The highest BCUT2D eigenvalue weighted by Gasteiger charge is 2.31. The second-order valence-electron chi connectivity index (χ2n) is 12.3. The number of carbonyl (C=O) groups excluding carboxylic acids is 1. The summed E-state index contributed by atoms with van der Waals surface area (Å²) in [6, 6.07) is 6.78. The van der Waals surface area contributed by atoms with E-state index in [-0.39, 0.29) is 34.9 Å². The van der Waals surface area contributed by atoms with Crippen molar-refractivity contribution in [2.75, 3.05) is 0 Å². The van der Waals surface area contributed by atoms with Crippen LogP contribution in [0, 0.1) is 12.3 Å². The average Bonchev–Trinajstić information content (AvgIpc) is 3.61. The van der Waals surface area contributed by atoms with Crippen LogP contribution in [0.1, 0.15) is 86.5 Å². The van der Waals surface area contributed by atoms with Crippen molar-refractivity contribution in [1.29, 1.82) is 0 Å². The van der Waals surface area contributed by atoms with E-state index >= 15 is 0 Å². The number of nitrogens with one attached hydrogen (secondary N) is 1. The summed E-state index contributed by atoms with van der Waals surface area (Å²) < 4.78 is 9.43. The van der Waals surface area contributed by atoms with Crippen LogP contribution in [0.3, 0.4) is 0 Å². The Labute approximate surface area is 256 Å². The normalized spacial score (nSPS) is 22.2. The summed E-state index contributed by atoms with van der Waals surface area (Å²) in [5, 5.41) is 14.1. The van der Waals surface area contributed by atoms with E-state index < -0.39 is 0 Å². The molecule has 1 aliphatic heterocycles. The number of carbonyl (C=O) groups is 1. The van der Waals surface area contributed by atoms with Crippen LogP contribution < -0.4 is 15.7 Å². The number of rotatable bonds is 7. The lowest BCUT2D eigenvalue weighted by atomic mass is 9.74. The minimum Gasteiger partial charge on any atom is -0.504 e. The van der Waals surface area contributed by atoms with E-state index in [9.17, 15) is 14.7 Å². The fourth-order valence-electron chi connectivity index (χ4n) is 6.42. The number of fused-ring (bicyclic) bond motifs is 1. The highest BCUT2D eigenvalue weighted by atomic mass is 35.5. The third-order valence-electron chi connectivity index (χ3n) is 9.07. The van der Waals surface area contributed by atoms with Gasteiger partial charge in [-0.25, -0.2) is 14.4 Å². The van der Waals surface area contributed by atoms with E-state index in [4.69, 9.17) is 16.3 Å². The van der Waals surface area contributed by atoms with Crippen molar-refractivity contribution in [2.24, 2.45) is 10.4 Å². The van der Waals surface area contributed by atoms with Gasteiger partial charge >= 0.3 is 5.69 Å². The number of imidazole rings is 1. The molecule has 3 aliphatic rings. The number of aromatic nitrogens is 3. The maximum Gasteiger partial charge on any atom is 0.338 e. The zero-order valence-electron chi connectivity index (χ0n) is 24.7. The standard InChI is InChI=1S/C33H38ClN5O4/c1-21-26(18-22(34)20-36-21)31(41)37-23-11-13-33(2,14-12-23)15-17-38-27-8-5-16-35-30(27)39(32(38)42)24-9-10-28(40)29(19-24)43-25-6-3-4-7-25/h9-10,15-20,23,25,40H,3-8,11-14H2,1-2H3,(H,37,41)/b17-15+/t23-,33+. The summed E-state index contributed by atoms with van der Waals surface area (Å²) in [5.41, 5.74) is 2.31. The van der Waals surface area contributed by atoms with Crippen LogP contribution in [-0.2, 0) is 6.42 Å². The van der Waals surface area contributed by atoms with Crippen LogP contribution in [0.2, 0.25) is 5.02 Å². The largest absolute Gasteiger partial charge is 0.504 e. The van der Waals surface area contributed by atoms with Crippen molar-refractivity contribution >= 4 is 35.7 Å². The second-order valence-corrected chi connectivity index (χ2v) is 12.7. The van der Waals surface area contributed by atoms with Crippen LogP contribution in [0.25, 0.3) is 11.9 Å². The Morgan fingerprint density at radius 2 is 1.95 bits per heavy atom. The lowest BCUT2D eigenvalue weighted by molar-refractivity contribution is 0.0914. The Balaban J connectivity index is 1.20. The van der Waals surface area contributed by atoms with Gasteiger partial charge in [-0.2, -0.15) is 0 Å². The van der Waals surface area contributed by atoms with Gasteiger partial charge in [0, 0.05) is 30.7 Å². The zero-order valence-corrected chi connectivity index (χ0v) is 25.4. The topological polar surface area (TPSA) is 111 Å². The van der Waals surface area contributed by atoms with Gasteiger partial charge in [0.25, 0.3) is 5.91 Å². The van der Waals surface area contributed by atoms with Gasteiger partial charge in [-0.15, -0.1) is 0 Å². The summed E-state index contributed by atoms with van der Waals surface area (Å²) in [7, 11) is 0. The highest BCUT2D eigenvalue weighted by Crippen LogP contribution is 2.38. The van der Waals surface area contributed by atoms with Gasteiger partial charge < -0.3 is 15.2 Å². The molecule has 0 spiro atoms. The number of halogens is 1. The minimum atomic E-state index is -0.201. The van der Waals surface area contributed by atoms with E-state index in [0.29, 0.717) is 40.0 Å². The summed E-state index contributed by atoms with van der Waals surface area (Å²) >= 11 is 6.06. The Hall–Kier alpha value is -3.85. The maximum atomic E-state index is 13.9. The van der Waals surface area contributed by atoms with Crippen molar-refractivity contribution in [1.82, 2.24) is 19.4 Å². The molecule has 0 bridgehead atoms. The molecular formula is C33H38ClN5O4. The molecule has 43 heavy (non-hydrogen) atoms. The first-order valence-electron chi connectivity index (χ1n) is 15.2. The number of aromatic hydroxyl groups is 1. The molecule has 0 saturated heterocycles. The number of benzene rings is 1. The molecule has 6 rings (SSSR count). The molecule has 3 heterocycles. The first kappa shape index (κ1) is 29.2. The Morgan fingerprint density at radius 1 is 1.19 bits per heavy atom. The molecule has 0 atom stereocenters. The lowest BCUT2D eigenvalue weighted by Gasteiger charge is -2.35. The summed E-state index contributed by atoms with van der Waals surface area (Å²) in [6.45, 7) is 4.00. The van der Waals surface area contributed by atoms with E-state index in [1.807, 2.05) is 12.4 Å². The number of phenols is 1. The summed E-state index contributed by atoms with van der Waals surface area (Å²) in [5.74, 6) is 0.925. The Kier molecular flexibility index (Phi) is 8.18. The highest BCUT2D eigenvalue weighted by molar-refractivity contribution is 6.30. The zero-order chi connectivity index (χ0) is 30.1. The maximum absolute atomic E-state index is 13.9. The van der Waals surface area contributed by atoms with Crippen LogP contribution in [-0.4, -0.2) is 43.5 Å². The molecule has 1 amide bonds. The molecule has 2 saturated carbocycles. The fourth-order valence-corrected chi connectivity index (χ4v) is 6.58. The molecule has 1 aromatic carbocycles. The van der Waals surface area contributed by atoms with Gasteiger partial charge in [0.2, 0.25) is 0 Å². The number of allylic oxidation sites excluding steroid dienone is 1. The molecule has 9 nitrogen and oxygen atoms in total. The number of phenolic OH excluding ortho intramolecular Hbond substituents is 1. The Bertz CT molecular complexity index is 1640. The SMILES string of the molecule is Cc1ncc(Cl)cc1C(=O)N[C@H]1CC[C@@](C)(/C=C/n2c3c(n(-c4ccc(O)c(OC5CCCC5)c4)c2=O)N=CCC3)CC1. The number of hydrogen-bond donors (Lipinski definition) is 2. The molecule has 0 unspecified atom stereocenters. The van der Waals surface area contributed by atoms with Crippen molar-refractivity contribution in [3.8, 4) is 17.2 Å². The van der Waals surface area contributed by atoms with Gasteiger partial charge in [-0.1, -0.05) is 24.6 Å². The third kappa shape index (κ3) is 6.13. The number of hydrogen-bond acceptors (Lipinski definition) is 6. The molecule has 2 aromatic heterocycles. The third-order valence-corrected chi connectivity index (χ3v) is 9.27. The van der Waals surface area contributed by atoms with Gasteiger partial charge in [0.05, 0.1) is 33.8 Å². The molecule has 10 heteroatoms. The summed E-state index contributed by atoms with van der Waals surface area (Å²) in [4.78, 5) is 35.6.